The lowest BCUT2D eigenvalue weighted by molar-refractivity contribution is -0.251. The van der Waals surface area contributed by atoms with E-state index in [1.165, 1.54) is 4.90 Å². The molecule has 0 aliphatic carbocycles. The number of benzene rings is 1. The molecule has 0 spiro atoms. The van der Waals surface area contributed by atoms with E-state index in [1.54, 1.807) is 38.2 Å². The predicted molar refractivity (Wildman–Crippen MR) is 94.4 cm³/mol. The molecule has 1 heterocycles. The Balaban J connectivity index is 2.07. The molecule has 1 aliphatic heterocycles. The summed E-state index contributed by atoms with van der Waals surface area (Å²) in [4.78, 5) is 27.3. The molecule has 1 aromatic rings. The van der Waals surface area contributed by atoms with Gasteiger partial charge in [0, 0.05) is 36.8 Å². The van der Waals surface area contributed by atoms with E-state index in [1.807, 2.05) is 0 Å². The number of amides is 2. The first-order chi connectivity index (χ1) is 12.4. The molecule has 0 saturated carbocycles. The summed E-state index contributed by atoms with van der Waals surface area (Å²) in [6, 6.07) is 6.17. The third kappa shape index (κ3) is 4.38. The SMILES string of the molecule is CC1CN(C(=O)[C@@](C)(O)C(F)(F)F)CCC1N(C)C(=O)c1ccc(Cl)cc1. The summed E-state index contributed by atoms with van der Waals surface area (Å²) in [6.45, 7) is 2.27. The summed E-state index contributed by atoms with van der Waals surface area (Å²) in [5, 5.41) is 10.1. The van der Waals surface area contributed by atoms with E-state index >= 15 is 0 Å². The number of aliphatic hydroxyl groups is 1. The van der Waals surface area contributed by atoms with Gasteiger partial charge in [0.15, 0.2) is 0 Å². The Morgan fingerprint density at radius 3 is 2.30 bits per heavy atom. The van der Waals surface area contributed by atoms with Crippen LogP contribution in [0.25, 0.3) is 0 Å². The van der Waals surface area contributed by atoms with Gasteiger partial charge in [-0.25, -0.2) is 0 Å². The van der Waals surface area contributed by atoms with Crippen molar-refractivity contribution in [3.63, 3.8) is 0 Å². The van der Waals surface area contributed by atoms with Gasteiger partial charge in [-0.2, -0.15) is 13.2 Å². The van der Waals surface area contributed by atoms with Crippen LogP contribution >= 0.6 is 11.6 Å². The van der Waals surface area contributed by atoms with Gasteiger partial charge in [-0.3, -0.25) is 9.59 Å². The minimum Gasteiger partial charge on any atom is -0.373 e. The van der Waals surface area contributed by atoms with Gasteiger partial charge in [0.2, 0.25) is 5.60 Å². The van der Waals surface area contributed by atoms with Gasteiger partial charge >= 0.3 is 6.18 Å². The Kier molecular flexibility index (Phi) is 6.11. The molecule has 150 valence electrons. The number of likely N-dealkylation sites (tertiary alicyclic amines) is 1. The molecular weight excluding hydrogens is 385 g/mol. The second kappa shape index (κ2) is 7.67. The topological polar surface area (TPSA) is 60.9 Å². The molecule has 27 heavy (non-hydrogen) atoms. The standard InChI is InChI=1S/C18H22ClF3N2O3/c1-11-10-24(16(26)17(2,27)18(20,21)22)9-8-14(11)23(3)15(25)12-4-6-13(19)7-5-12/h4-7,11,14,27H,8-10H2,1-3H3/t11?,14?,17-/m1/s1. The van der Waals surface area contributed by atoms with Crippen molar-refractivity contribution in [2.45, 2.75) is 38.1 Å². The zero-order valence-electron chi connectivity index (χ0n) is 15.3. The van der Waals surface area contributed by atoms with Crippen LogP contribution in [-0.4, -0.2) is 64.7 Å². The quantitative estimate of drug-likeness (QED) is 0.839. The van der Waals surface area contributed by atoms with Gasteiger partial charge in [-0.1, -0.05) is 18.5 Å². The fourth-order valence-corrected chi connectivity index (χ4v) is 3.39. The third-order valence-electron chi connectivity index (χ3n) is 5.02. The number of piperidine rings is 1. The molecular formula is C18H22ClF3N2O3. The summed E-state index contributed by atoms with van der Waals surface area (Å²) >= 11 is 5.82. The second-order valence-electron chi connectivity index (χ2n) is 7.08. The van der Waals surface area contributed by atoms with E-state index in [4.69, 9.17) is 11.6 Å². The maximum Gasteiger partial charge on any atom is 0.426 e. The molecule has 0 radical (unpaired) electrons. The van der Waals surface area contributed by atoms with Gasteiger partial charge in [-0.15, -0.1) is 0 Å². The van der Waals surface area contributed by atoms with Gasteiger partial charge < -0.3 is 14.9 Å². The number of hydrogen-bond donors (Lipinski definition) is 1. The first-order valence-corrected chi connectivity index (χ1v) is 8.85. The molecule has 1 saturated heterocycles. The van der Waals surface area contributed by atoms with Gasteiger partial charge in [0.1, 0.15) is 0 Å². The molecule has 1 aliphatic rings. The van der Waals surface area contributed by atoms with E-state index < -0.39 is 17.7 Å². The Labute approximate surface area is 160 Å². The van der Waals surface area contributed by atoms with Crippen LogP contribution in [-0.2, 0) is 4.79 Å². The van der Waals surface area contributed by atoms with E-state index in [2.05, 4.69) is 0 Å². The van der Waals surface area contributed by atoms with Crippen molar-refractivity contribution in [2.24, 2.45) is 5.92 Å². The summed E-state index contributed by atoms with van der Waals surface area (Å²) in [6.07, 6.45) is -4.73. The average Bonchev–Trinajstić information content (AvgIpc) is 2.59. The second-order valence-corrected chi connectivity index (χ2v) is 7.51. The number of nitrogens with zero attached hydrogens (tertiary/aromatic N) is 2. The maximum atomic E-state index is 12.9. The Bertz CT molecular complexity index is 707. The van der Waals surface area contributed by atoms with Crippen molar-refractivity contribution in [2.75, 3.05) is 20.1 Å². The Hall–Kier alpha value is -1.80. The van der Waals surface area contributed by atoms with Crippen LogP contribution in [0.15, 0.2) is 24.3 Å². The highest BCUT2D eigenvalue weighted by atomic mass is 35.5. The number of rotatable bonds is 3. The molecule has 1 N–H and O–H groups in total. The van der Waals surface area contributed by atoms with Crippen LogP contribution in [0.5, 0.6) is 0 Å². The molecule has 1 aromatic carbocycles. The fourth-order valence-electron chi connectivity index (χ4n) is 3.27. The largest absolute Gasteiger partial charge is 0.426 e. The highest BCUT2D eigenvalue weighted by Crippen LogP contribution is 2.33. The third-order valence-corrected chi connectivity index (χ3v) is 5.28. The Morgan fingerprint density at radius 2 is 1.81 bits per heavy atom. The van der Waals surface area contributed by atoms with Gasteiger partial charge in [0.05, 0.1) is 0 Å². The van der Waals surface area contributed by atoms with E-state index in [9.17, 15) is 27.9 Å². The molecule has 2 unspecified atom stereocenters. The smallest absolute Gasteiger partial charge is 0.373 e. The van der Waals surface area contributed by atoms with Crippen molar-refractivity contribution in [3.05, 3.63) is 34.9 Å². The van der Waals surface area contributed by atoms with Crippen LogP contribution < -0.4 is 0 Å². The lowest BCUT2D eigenvalue weighted by Gasteiger charge is -2.43. The van der Waals surface area contributed by atoms with Crippen molar-refractivity contribution >= 4 is 23.4 Å². The van der Waals surface area contributed by atoms with Crippen LogP contribution in [0.4, 0.5) is 13.2 Å². The minimum atomic E-state index is -5.05. The van der Waals surface area contributed by atoms with Crippen molar-refractivity contribution in [1.29, 1.82) is 0 Å². The lowest BCUT2D eigenvalue weighted by atomic mass is 9.90. The first-order valence-electron chi connectivity index (χ1n) is 8.47. The highest BCUT2D eigenvalue weighted by Gasteiger charge is 2.57. The summed E-state index contributed by atoms with van der Waals surface area (Å²) in [5.74, 6) is -1.86. The highest BCUT2D eigenvalue weighted by molar-refractivity contribution is 6.30. The van der Waals surface area contributed by atoms with Crippen LogP contribution in [0, 0.1) is 5.92 Å². The molecule has 3 atom stereocenters. The van der Waals surface area contributed by atoms with Crippen molar-refractivity contribution in [1.82, 2.24) is 9.80 Å². The summed E-state index contributed by atoms with van der Waals surface area (Å²) < 4.78 is 38.7. The van der Waals surface area contributed by atoms with Gasteiger partial charge in [0.25, 0.3) is 11.8 Å². The van der Waals surface area contributed by atoms with E-state index in [0.29, 0.717) is 23.9 Å². The average molecular weight is 407 g/mol. The minimum absolute atomic E-state index is 0.0218. The maximum absolute atomic E-state index is 12.9. The molecule has 2 amide bonds. The monoisotopic (exact) mass is 406 g/mol. The normalized spacial score (nSPS) is 22.9. The van der Waals surface area contributed by atoms with E-state index in [-0.39, 0.29) is 31.0 Å². The summed E-state index contributed by atoms with van der Waals surface area (Å²) in [7, 11) is 1.63. The molecule has 0 bridgehead atoms. The summed E-state index contributed by atoms with van der Waals surface area (Å²) in [5.41, 5.74) is -2.97. The Morgan fingerprint density at radius 1 is 1.26 bits per heavy atom. The molecule has 1 fully saturated rings. The predicted octanol–water partition coefficient (Wildman–Crippen LogP) is 2.96. The molecule has 2 rings (SSSR count). The number of carbonyl (C=O) groups excluding carboxylic acids is 2. The van der Waals surface area contributed by atoms with Crippen molar-refractivity contribution < 1.29 is 27.9 Å². The van der Waals surface area contributed by atoms with Crippen LogP contribution in [0.3, 0.4) is 0 Å². The molecule has 9 heteroatoms. The lowest BCUT2D eigenvalue weighted by Crippen LogP contribution is -2.60. The molecule has 0 aromatic heterocycles. The number of carbonyl (C=O) groups is 2. The zero-order valence-corrected chi connectivity index (χ0v) is 16.0. The fraction of sp³-hybridized carbons (Fsp3) is 0.556. The van der Waals surface area contributed by atoms with Crippen LogP contribution in [0.2, 0.25) is 5.02 Å². The number of hydrogen-bond acceptors (Lipinski definition) is 3. The number of halogens is 4. The number of alkyl halides is 3. The van der Waals surface area contributed by atoms with E-state index in [0.717, 1.165) is 4.90 Å². The van der Waals surface area contributed by atoms with Crippen molar-refractivity contribution in [3.8, 4) is 0 Å². The zero-order chi connectivity index (χ0) is 20.6. The first kappa shape index (κ1) is 21.5. The van der Waals surface area contributed by atoms with Crippen LogP contribution in [0.1, 0.15) is 30.6 Å². The van der Waals surface area contributed by atoms with Gasteiger partial charge in [-0.05, 0) is 43.5 Å². The molecule has 5 nitrogen and oxygen atoms in total.